The van der Waals surface area contributed by atoms with Crippen molar-refractivity contribution in [2.45, 2.75) is 72.6 Å². The molecule has 0 radical (unpaired) electrons. The monoisotopic (exact) mass is 541 g/mol. The van der Waals surface area contributed by atoms with E-state index in [1.807, 2.05) is 13.8 Å². The Hall–Kier alpha value is -3.54. The molecule has 0 amide bonds. The van der Waals surface area contributed by atoms with Crippen LogP contribution in [0.4, 0.5) is 14.4 Å². The van der Waals surface area contributed by atoms with Crippen LogP contribution in [-0.2, 0) is 34.9 Å². The Bertz CT molecular complexity index is 914. The number of benzene rings is 1. The van der Waals surface area contributed by atoms with Crippen LogP contribution in [0.2, 0.25) is 0 Å². The molecule has 1 N–H and O–H groups in total. The molecule has 0 aromatic heterocycles. The SMILES string of the molecule is COC(=O)[C@H](Cc1ccc(OC(=O)OC(C)C)c(OC(=O)OC(C)C)c1)NCCOC(=O)OCCC(C)C. The Morgan fingerprint density at radius 1 is 0.789 bits per heavy atom. The molecule has 0 spiro atoms. The number of hydrogen-bond donors (Lipinski definition) is 1. The van der Waals surface area contributed by atoms with E-state index in [0.717, 1.165) is 6.42 Å². The van der Waals surface area contributed by atoms with Gasteiger partial charge in [-0.25, -0.2) is 14.4 Å². The van der Waals surface area contributed by atoms with Gasteiger partial charge in [0, 0.05) is 6.54 Å². The molecule has 0 saturated heterocycles. The normalized spacial score (nSPS) is 11.6. The zero-order valence-corrected chi connectivity index (χ0v) is 23.1. The van der Waals surface area contributed by atoms with Crippen molar-refractivity contribution in [3.05, 3.63) is 23.8 Å². The van der Waals surface area contributed by atoms with Crippen LogP contribution < -0.4 is 14.8 Å². The van der Waals surface area contributed by atoms with E-state index in [2.05, 4.69) is 5.32 Å². The molecular weight excluding hydrogens is 502 g/mol. The molecule has 1 aromatic rings. The van der Waals surface area contributed by atoms with Crippen molar-refractivity contribution < 1.29 is 52.3 Å². The Morgan fingerprint density at radius 3 is 1.92 bits per heavy atom. The fraction of sp³-hybridized carbons (Fsp3) is 0.615. The van der Waals surface area contributed by atoms with E-state index in [1.54, 1.807) is 33.8 Å². The Morgan fingerprint density at radius 2 is 1.37 bits per heavy atom. The summed E-state index contributed by atoms with van der Waals surface area (Å²) < 4.78 is 35.2. The van der Waals surface area contributed by atoms with E-state index >= 15 is 0 Å². The first-order valence-corrected chi connectivity index (χ1v) is 12.4. The summed E-state index contributed by atoms with van der Waals surface area (Å²) in [5.41, 5.74) is 0.541. The molecular formula is C26H39NO11. The van der Waals surface area contributed by atoms with Crippen LogP contribution in [0.15, 0.2) is 18.2 Å². The Balaban J connectivity index is 2.89. The highest BCUT2D eigenvalue weighted by Crippen LogP contribution is 2.30. The molecule has 0 aliphatic heterocycles. The lowest BCUT2D eigenvalue weighted by atomic mass is 10.1. The van der Waals surface area contributed by atoms with Crippen molar-refractivity contribution in [2.24, 2.45) is 5.92 Å². The average molecular weight is 542 g/mol. The predicted octanol–water partition coefficient (Wildman–Crippen LogP) is 4.41. The molecule has 214 valence electrons. The van der Waals surface area contributed by atoms with Crippen LogP contribution in [0, 0.1) is 5.92 Å². The topological polar surface area (TPSA) is 145 Å². The van der Waals surface area contributed by atoms with Gasteiger partial charge < -0.3 is 38.5 Å². The number of esters is 1. The van der Waals surface area contributed by atoms with E-state index in [0.29, 0.717) is 11.5 Å². The summed E-state index contributed by atoms with van der Waals surface area (Å²) in [4.78, 5) is 48.1. The summed E-state index contributed by atoms with van der Waals surface area (Å²) >= 11 is 0. The van der Waals surface area contributed by atoms with Crippen LogP contribution >= 0.6 is 0 Å². The molecule has 0 saturated carbocycles. The standard InChI is InChI=1S/C26H39NO11/c1-16(2)10-12-33-24(29)34-13-11-27-20(23(28)32-7)14-19-8-9-21(37-25(30)35-17(3)4)22(15-19)38-26(31)36-18(5)6/h8-9,15-18,20,27H,10-14H2,1-7H3/t20-/m0/s1. The summed E-state index contributed by atoms with van der Waals surface area (Å²) in [7, 11) is 1.24. The van der Waals surface area contributed by atoms with E-state index in [1.165, 1.54) is 19.2 Å². The minimum absolute atomic E-state index is 0.0336. The fourth-order valence-electron chi connectivity index (χ4n) is 2.86. The molecule has 0 bridgehead atoms. The van der Waals surface area contributed by atoms with Crippen molar-refractivity contribution >= 4 is 24.4 Å². The minimum Gasteiger partial charge on any atom is -0.468 e. The fourth-order valence-corrected chi connectivity index (χ4v) is 2.86. The van der Waals surface area contributed by atoms with Gasteiger partial charge >= 0.3 is 24.4 Å². The zero-order chi connectivity index (χ0) is 28.7. The maximum atomic E-state index is 12.3. The highest BCUT2D eigenvalue weighted by Gasteiger charge is 2.22. The van der Waals surface area contributed by atoms with Gasteiger partial charge in [0.2, 0.25) is 0 Å². The number of carbonyl (C=O) groups excluding carboxylic acids is 4. The van der Waals surface area contributed by atoms with Gasteiger partial charge in [0.25, 0.3) is 0 Å². The number of nitrogens with one attached hydrogen (secondary N) is 1. The highest BCUT2D eigenvalue weighted by atomic mass is 16.8. The van der Waals surface area contributed by atoms with E-state index in [-0.39, 0.29) is 37.7 Å². The van der Waals surface area contributed by atoms with E-state index in [4.69, 9.17) is 33.2 Å². The molecule has 0 fully saturated rings. The summed E-state index contributed by atoms with van der Waals surface area (Å²) in [6, 6.07) is 3.59. The lowest BCUT2D eigenvalue weighted by Gasteiger charge is -2.18. The van der Waals surface area contributed by atoms with E-state index < -0.39 is 42.7 Å². The average Bonchev–Trinajstić information content (AvgIpc) is 2.80. The molecule has 0 heterocycles. The number of carbonyl (C=O) groups is 4. The van der Waals surface area contributed by atoms with Crippen LogP contribution in [0.25, 0.3) is 0 Å². The lowest BCUT2D eigenvalue weighted by Crippen LogP contribution is -2.41. The highest BCUT2D eigenvalue weighted by molar-refractivity contribution is 5.76. The first kappa shape index (κ1) is 32.5. The minimum atomic E-state index is -1.00. The summed E-state index contributed by atoms with van der Waals surface area (Å²) in [5, 5.41) is 2.96. The maximum absolute atomic E-state index is 12.3. The molecule has 12 nitrogen and oxygen atoms in total. The van der Waals surface area contributed by atoms with Crippen molar-refractivity contribution in [2.75, 3.05) is 26.9 Å². The van der Waals surface area contributed by atoms with Crippen LogP contribution in [-0.4, -0.2) is 69.6 Å². The van der Waals surface area contributed by atoms with Gasteiger partial charge in [-0.2, -0.15) is 0 Å². The number of rotatable bonds is 14. The molecule has 1 aromatic carbocycles. The smallest absolute Gasteiger partial charge is 0.468 e. The van der Waals surface area contributed by atoms with Crippen molar-refractivity contribution in [3.8, 4) is 11.5 Å². The molecule has 1 rings (SSSR count). The van der Waals surface area contributed by atoms with Gasteiger partial charge in [-0.05, 0) is 64.2 Å². The maximum Gasteiger partial charge on any atom is 0.514 e. The van der Waals surface area contributed by atoms with Gasteiger partial charge in [0.05, 0.1) is 25.9 Å². The Labute approximate surface area is 223 Å². The van der Waals surface area contributed by atoms with Gasteiger partial charge in [-0.15, -0.1) is 0 Å². The van der Waals surface area contributed by atoms with Crippen LogP contribution in [0.3, 0.4) is 0 Å². The summed E-state index contributed by atoms with van der Waals surface area (Å²) in [5.74, 6) is -0.351. The molecule has 1 atom stereocenters. The second-order valence-electron chi connectivity index (χ2n) is 9.18. The number of methoxy groups -OCH3 is 1. The van der Waals surface area contributed by atoms with Gasteiger partial charge in [-0.1, -0.05) is 19.9 Å². The molecule has 0 aliphatic carbocycles. The Kier molecular flexibility index (Phi) is 14.6. The van der Waals surface area contributed by atoms with Gasteiger partial charge in [0.15, 0.2) is 11.5 Å². The zero-order valence-electron chi connectivity index (χ0n) is 23.1. The van der Waals surface area contributed by atoms with Gasteiger partial charge in [-0.3, -0.25) is 4.79 Å². The van der Waals surface area contributed by atoms with Crippen molar-refractivity contribution in [1.29, 1.82) is 0 Å². The van der Waals surface area contributed by atoms with E-state index in [9.17, 15) is 19.2 Å². The quantitative estimate of drug-likeness (QED) is 0.154. The molecule has 0 aliphatic rings. The van der Waals surface area contributed by atoms with Crippen LogP contribution in [0.5, 0.6) is 11.5 Å². The third kappa shape index (κ3) is 13.7. The van der Waals surface area contributed by atoms with Crippen molar-refractivity contribution in [3.63, 3.8) is 0 Å². The first-order chi connectivity index (χ1) is 17.9. The third-order valence-electron chi connectivity index (χ3n) is 4.61. The molecule has 12 heteroatoms. The molecule has 38 heavy (non-hydrogen) atoms. The second-order valence-corrected chi connectivity index (χ2v) is 9.18. The lowest BCUT2D eigenvalue weighted by molar-refractivity contribution is -0.143. The predicted molar refractivity (Wildman–Crippen MR) is 135 cm³/mol. The summed E-state index contributed by atoms with van der Waals surface area (Å²) in [6.07, 6.45) is -2.80. The van der Waals surface area contributed by atoms with Crippen LogP contribution in [0.1, 0.15) is 53.5 Å². The summed E-state index contributed by atoms with van der Waals surface area (Å²) in [6.45, 7) is 11.0. The second kappa shape index (κ2) is 17.1. The van der Waals surface area contributed by atoms with Crippen molar-refractivity contribution in [1.82, 2.24) is 5.32 Å². The molecule has 0 unspecified atom stereocenters. The first-order valence-electron chi connectivity index (χ1n) is 12.4. The number of hydrogen-bond acceptors (Lipinski definition) is 12. The largest absolute Gasteiger partial charge is 0.514 e. The third-order valence-corrected chi connectivity index (χ3v) is 4.61. The van der Waals surface area contributed by atoms with Gasteiger partial charge in [0.1, 0.15) is 12.6 Å². The number of ether oxygens (including phenoxy) is 7.